The highest BCUT2D eigenvalue weighted by atomic mass is 16.4. The van der Waals surface area contributed by atoms with Crippen LogP contribution in [0.15, 0.2) is 29.1 Å². The zero-order valence-corrected chi connectivity index (χ0v) is 11.9. The van der Waals surface area contributed by atoms with Gasteiger partial charge >= 0.3 is 5.97 Å². The summed E-state index contributed by atoms with van der Waals surface area (Å²) in [7, 11) is 0. The summed E-state index contributed by atoms with van der Waals surface area (Å²) in [6.45, 7) is 5.36. The fraction of sp³-hybridized carbons (Fsp3) is 0.400. The number of carbonyl (C=O) groups is 1. The Morgan fingerprint density at radius 1 is 1.35 bits per heavy atom. The van der Waals surface area contributed by atoms with E-state index in [0.717, 1.165) is 11.0 Å². The first-order valence-electron chi connectivity index (χ1n) is 6.52. The maximum absolute atomic E-state index is 12.2. The van der Waals surface area contributed by atoms with Crippen LogP contribution >= 0.6 is 0 Å². The van der Waals surface area contributed by atoms with Crippen molar-refractivity contribution >= 4 is 17.0 Å². The predicted molar refractivity (Wildman–Crippen MR) is 76.8 cm³/mol. The zero-order valence-electron chi connectivity index (χ0n) is 11.9. The summed E-state index contributed by atoms with van der Waals surface area (Å²) in [6.07, 6.45) is 0.385. The molecule has 106 valence electrons. The first-order valence-corrected chi connectivity index (χ1v) is 6.52. The Kier molecular flexibility index (Phi) is 3.61. The highest BCUT2D eigenvalue weighted by Gasteiger charge is 2.27. The van der Waals surface area contributed by atoms with Crippen LogP contribution in [0.2, 0.25) is 0 Å². The first kappa shape index (κ1) is 14.2. The molecular weight excluding hydrogens is 256 g/mol. The van der Waals surface area contributed by atoms with E-state index in [0.29, 0.717) is 18.7 Å². The third-order valence-corrected chi connectivity index (χ3v) is 3.55. The Bertz CT molecular complexity index is 717. The Balaban J connectivity index is 2.46. The quantitative estimate of drug-likeness (QED) is 0.927. The lowest BCUT2D eigenvalue weighted by molar-refractivity contribution is -0.147. The number of fused-ring (bicyclic) bond motifs is 1. The van der Waals surface area contributed by atoms with Gasteiger partial charge in [0, 0.05) is 6.54 Å². The van der Waals surface area contributed by atoms with Gasteiger partial charge in [-0.2, -0.15) is 0 Å². The van der Waals surface area contributed by atoms with Gasteiger partial charge in [-0.15, -0.1) is 0 Å². The van der Waals surface area contributed by atoms with Crippen molar-refractivity contribution in [1.82, 2.24) is 9.55 Å². The molecule has 0 radical (unpaired) electrons. The van der Waals surface area contributed by atoms with Crippen LogP contribution in [-0.2, 0) is 11.3 Å². The predicted octanol–water partition coefficient (Wildman–Crippen LogP) is 2.21. The standard InChI is InChI=1S/C15H18N2O3/c1-10-13(18)17(9-8-15(2,3)14(19)20)12-7-5-4-6-11(12)16-10/h4-7H,8-9H2,1-3H3,(H,19,20). The van der Waals surface area contributed by atoms with Gasteiger partial charge in [0.1, 0.15) is 5.69 Å². The van der Waals surface area contributed by atoms with Gasteiger partial charge < -0.3 is 9.67 Å². The first-order chi connectivity index (χ1) is 9.33. The molecule has 2 rings (SSSR count). The molecule has 0 amide bonds. The van der Waals surface area contributed by atoms with Crippen LogP contribution in [-0.4, -0.2) is 20.6 Å². The maximum atomic E-state index is 12.2. The molecule has 0 aliphatic heterocycles. The van der Waals surface area contributed by atoms with Gasteiger partial charge in [0.2, 0.25) is 0 Å². The van der Waals surface area contributed by atoms with Crippen molar-refractivity contribution in [2.45, 2.75) is 33.7 Å². The molecule has 2 aromatic rings. The number of hydrogen-bond donors (Lipinski definition) is 1. The smallest absolute Gasteiger partial charge is 0.309 e. The number of nitrogens with zero attached hydrogens (tertiary/aromatic N) is 2. The number of hydrogen-bond acceptors (Lipinski definition) is 3. The van der Waals surface area contributed by atoms with Gasteiger partial charge in [-0.25, -0.2) is 4.98 Å². The molecule has 5 nitrogen and oxygen atoms in total. The normalized spacial score (nSPS) is 11.8. The van der Waals surface area contributed by atoms with Crippen LogP contribution in [0.25, 0.3) is 11.0 Å². The molecule has 0 bridgehead atoms. The lowest BCUT2D eigenvalue weighted by atomic mass is 9.89. The van der Waals surface area contributed by atoms with Crippen LogP contribution in [0, 0.1) is 12.3 Å². The molecule has 1 aromatic heterocycles. The summed E-state index contributed by atoms with van der Waals surface area (Å²) in [5.74, 6) is -0.861. The molecule has 0 atom stereocenters. The third kappa shape index (κ3) is 2.57. The van der Waals surface area contributed by atoms with E-state index in [1.54, 1.807) is 25.3 Å². The van der Waals surface area contributed by atoms with Crippen molar-refractivity contribution in [2.24, 2.45) is 5.41 Å². The summed E-state index contributed by atoms with van der Waals surface area (Å²) in [5.41, 5.74) is 0.890. The van der Waals surface area contributed by atoms with Crippen LogP contribution in [0.4, 0.5) is 0 Å². The molecule has 0 fully saturated rings. The summed E-state index contributed by atoms with van der Waals surface area (Å²) < 4.78 is 1.61. The van der Waals surface area contributed by atoms with Crippen LogP contribution < -0.4 is 5.56 Å². The Labute approximate surface area is 116 Å². The highest BCUT2D eigenvalue weighted by Crippen LogP contribution is 2.22. The topological polar surface area (TPSA) is 72.2 Å². The SMILES string of the molecule is Cc1nc2ccccc2n(CCC(C)(C)C(=O)O)c1=O. The van der Waals surface area contributed by atoms with Crippen LogP contribution in [0.3, 0.4) is 0 Å². The zero-order chi connectivity index (χ0) is 14.9. The monoisotopic (exact) mass is 274 g/mol. The number of para-hydroxylation sites is 2. The minimum absolute atomic E-state index is 0.162. The van der Waals surface area contributed by atoms with Gasteiger partial charge in [-0.1, -0.05) is 12.1 Å². The van der Waals surface area contributed by atoms with E-state index in [-0.39, 0.29) is 5.56 Å². The molecule has 1 aromatic carbocycles. The van der Waals surface area contributed by atoms with Crippen LogP contribution in [0.5, 0.6) is 0 Å². The third-order valence-electron chi connectivity index (χ3n) is 3.55. The summed E-state index contributed by atoms with van der Waals surface area (Å²) in [6, 6.07) is 7.39. The average Bonchev–Trinajstić information content (AvgIpc) is 2.39. The molecule has 0 unspecified atom stereocenters. The number of aromatic nitrogens is 2. The molecule has 5 heteroatoms. The largest absolute Gasteiger partial charge is 0.481 e. The number of carboxylic acids is 1. The molecular formula is C15H18N2O3. The molecule has 0 aliphatic rings. The Hall–Kier alpha value is -2.17. The van der Waals surface area contributed by atoms with E-state index in [1.807, 2.05) is 24.3 Å². The molecule has 1 heterocycles. The van der Waals surface area contributed by atoms with E-state index in [4.69, 9.17) is 5.11 Å². The molecule has 1 N–H and O–H groups in total. The van der Waals surface area contributed by atoms with Crippen molar-refractivity contribution in [1.29, 1.82) is 0 Å². The van der Waals surface area contributed by atoms with Gasteiger partial charge in [-0.05, 0) is 39.3 Å². The van der Waals surface area contributed by atoms with E-state index < -0.39 is 11.4 Å². The minimum atomic E-state index is -0.863. The number of rotatable bonds is 4. The van der Waals surface area contributed by atoms with Crippen LogP contribution in [0.1, 0.15) is 26.0 Å². The second-order valence-corrected chi connectivity index (χ2v) is 5.58. The van der Waals surface area contributed by atoms with Gasteiger partial charge in [0.05, 0.1) is 16.4 Å². The van der Waals surface area contributed by atoms with E-state index in [9.17, 15) is 9.59 Å². The van der Waals surface area contributed by atoms with Crippen molar-refractivity contribution in [2.75, 3.05) is 0 Å². The second kappa shape index (κ2) is 5.07. The lowest BCUT2D eigenvalue weighted by Crippen LogP contribution is -2.30. The van der Waals surface area contributed by atoms with Crippen molar-refractivity contribution < 1.29 is 9.90 Å². The maximum Gasteiger partial charge on any atom is 0.309 e. The number of carboxylic acid groups (broad SMARTS) is 1. The molecule has 0 aliphatic carbocycles. The van der Waals surface area contributed by atoms with Gasteiger partial charge in [0.15, 0.2) is 0 Å². The number of aliphatic carboxylic acids is 1. The summed E-state index contributed by atoms with van der Waals surface area (Å²) in [5, 5.41) is 9.16. The van der Waals surface area contributed by atoms with Gasteiger partial charge in [-0.3, -0.25) is 9.59 Å². The Morgan fingerprint density at radius 3 is 2.65 bits per heavy atom. The van der Waals surface area contributed by atoms with Crippen molar-refractivity contribution in [3.8, 4) is 0 Å². The summed E-state index contributed by atoms with van der Waals surface area (Å²) in [4.78, 5) is 27.6. The van der Waals surface area contributed by atoms with Crippen molar-refractivity contribution in [3.63, 3.8) is 0 Å². The average molecular weight is 274 g/mol. The van der Waals surface area contributed by atoms with E-state index in [2.05, 4.69) is 4.98 Å². The lowest BCUT2D eigenvalue weighted by Gasteiger charge is -2.20. The number of aryl methyl sites for hydroxylation is 2. The van der Waals surface area contributed by atoms with Crippen molar-refractivity contribution in [3.05, 3.63) is 40.3 Å². The summed E-state index contributed by atoms with van der Waals surface area (Å²) >= 11 is 0. The second-order valence-electron chi connectivity index (χ2n) is 5.58. The molecule has 0 saturated carbocycles. The van der Waals surface area contributed by atoms with E-state index in [1.165, 1.54) is 0 Å². The highest BCUT2D eigenvalue weighted by molar-refractivity contribution is 5.75. The molecule has 20 heavy (non-hydrogen) atoms. The van der Waals surface area contributed by atoms with Gasteiger partial charge in [0.25, 0.3) is 5.56 Å². The van der Waals surface area contributed by atoms with E-state index >= 15 is 0 Å². The molecule has 0 spiro atoms. The fourth-order valence-electron chi connectivity index (χ4n) is 2.04. The number of benzene rings is 1. The minimum Gasteiger partial charge on any atom is -0.481 e. The fourth-order valence-corrected chi connectivity index (χ4v) is 2.04. The Morgan fingerprint density at radius 2 is 2.00 bits per heavy atom. The molecule has 0 saturated heterocycles.